The lowest BCUT2D eigenvalue weighted by molar-refractivity contribution is 0.0305. The summed E-state index contributed by atoms with van der Waals surface area (Å²) in [6.07, 6.45) is 6.90. The highest BCUT2D eigenvalue weighted by Crippen LogP contribution is 2.24. The Hall–Kier alpha value is -4.29. The predicted octanol–water partition coefficient (Wildman–Crippen LogP) is 2.27. The van der Waals surface area contributed by atoms with Crippen molar-refractivity contribution in [2.45, 2.75) is 13.1 Å². The number of fused-ring (bicyclic) bond motifs is 1. The zero-order chi connectivity index (χ0) is 23.6. The Morgan fingerprint density at radius 2 is 2.03 bits per heavy atom. The number of hydrogen-bond acceptors (Lipinski definition) is 8. The van der Waals surface area contributed by atoms with Crippen molar-refractivity contribution in [3.05, 3.63) is 66.2 Å². The van der Waals surface area contributed by atoms with Crippen LogP contribution in [0.2, 0.25) is 0 Å². The number of aromatic nitrogens is 7. The largest absolute Gasteiger partial charge is 0.379 e. The molecule has 1 aliphatic heterocycles. The number of rotatable bonds is 7. The van der Waals surface area contributed by atoms with E-state index in [-0.39, 0.29) is 5.91 Å². The first-order chi connectivity index (χ1) is 17.2. The molecule has 0 radical (unpaired) electrons. The molecule has 178 valence electrons. The number of aromatic amines is 2. The van der Waals surface area contributed by atoms with Gasteiger partial charge in [0.25, 0.3) is 5.91 Å². The van der Waals surface area contributed by atoms with Gasteiger partial charge in [0.15, 0.2) is 11.5 Å². The van der Waals surface area contributed by atoms with E-state index in [1.165, 1.54) is 0 Å². The van der Waals surface area contributed by atoms with E-state index in [1.54, 1.807) is 23.3 Å². The van der Waals surface area contributed by atoms with Crippen LogP contribution in [0.1, 0.15) is 21.9 Å². The van der Waals surface area contributed by atoms with E-state index in [0.717, 1.165) is 59.8 Å². The number of amides is 1. The summed E-state index contributed by atoms with van der Waals surface area (Å²) in [4.78, 5) is 15.1. The molecule has 4 aromatic heterocycles. The minimum atomic E-state index is -0.318. The molecule has 0 saturated carbocycles. The Labute approximate surface area is 199 Å². The number of morpholine rings is 1. The van der Waals surface area contributed by atoms with E-state index >= 15 is 0 Å². The van der Waals surface area contributed by atoms with Gasteiger partial charge in [0.05, 0.1) is 49.9 Å². The van der Waals surface area contributed by atoms with Gasteiger partial charge in [-0.15, -0.1) is 0 Å². The molecule has 5 heterocycles. The molecule has 0 unspecified atom stereocenters. The average molecular weight is 473 g/mol. The van der Waals surface area contributed by atoms with Crippen molar-refractivity contribution in [2.75, 3.05) is 31.6 Å². The number of benzene rings is 1. The molecule has 5 aromatic rings. The zero-order valence-corrected chi connectivity index (χ0v) is 18.8. The van der Waals surface area contributed by atoms with E-state index < -0.39 is 0 Å². The van der Waals surface area contributed by atoms with Gasteiger partial charge in [0.1, 0.15) is 5.69 Å². The molecule has 1 fully saturated rings. The molecule has 0 atom stereocenters. The van der Waals surface area contributed by atoms with Crippen molar-refractivity contribution in [2.24, 2.45) is 0 Å². The van der Waals surface area contributed by atoms with Crippen LogP contribution >= 0.6 is 0 Å². The summed E-state index contributed by atoms with van der Waals surface area (Å²) in [5.74, 6) is 0.491. The maximum absolute atomic E-state index is 12.9. The minimum Gasteiger partial charge on any atom is -0.379 e. The van der Waals surface area contributed by atoms with E-state index in [0.29, 0.717) is 24.5 Å². The summed E-state index contributed by atoms with van der Waals surface area (Å²) >= 11 is 0. The molecule has 1 aromatic carbocycles. The molecular weight excluding hydrogens is 450 g/mol. The first-order valence-corrected chi connectivity index (χ1v) is 11.3. The maximum Gasteiger partial charge on any atom is 0.276 e. The van der Waals surface area contributed by atoms with Gasteiger partial charge in [0, 0.05) is 42.5 Å². The Morgan fingerprint density at radius 3 is 2.89 bits per heavy atom. The van der Waals surface area contributed by atoms with Crippen LogP contribution in [0.25, 0.3) is 22.0 Å². The molecule has 12 nitrogen and oxygen atoms in total. The van der Waals surface area contributed by atoms with Gasteiger partial charge in [-0.2, -0.15) is 15.3 Å². The molecule has 1 saturated heterocycles. The highest BCUT2D eigenvalue weighted by atomic mass is 16.5. The minimum absolute atomic E-state index is 0.316. The lowest BCUT2D eigenvalue weighted by atomic mass is 10.1. The van der Waals surface area contributed by atoms with Crippen LogP contribution in [0, 0.1) is 0 Å². The number of nitrogens with one attached hydrogen (secondary N) is 3. The Balaban J connectivity index is 1.10. The van der Waals surface area contributed by atoms with Crippen LogP contribution < -0.4 is 5.32 Å². The van der Waals surface area contributed by atoms with Crippen LogP contribution in [0.3, 0.4) is 0 Å². The monoisotopic (exact) mass is 473 g/mol. The van der Waals surface area contributed by atoms with Crippen LogP contribution in [0.5, 0.6) is 0 Å². The molecule has 0 spiro atoms. The second kappa shape index (κ2) is 9.16. The smallest absolute Gasteiger partial charge is 0.276 e. The molecule has 0 bridgehead atoms. The van der Waals surface area contributed by atoms with E-state index in [2.05, 4.69) is 40.9 Å². The molecule has 1 aliphatic rings. The summed E-state index contributed by atoms with van der Waals surface area (Å²) in [5.41, 5.74) is 4.35. The highest BCUT2D eigenvalue weighted by Gasteiger charge is 2.17. The quantitative estimate of drug-likeness (QED) is 0.327. The van der Waals surface area contributed by atoms with E-state index in [9.17, 15) is 4.79 Å². The first-order valence-electron chi connectivity index (χ1n) is 11.3. The molecule has 0 aliphatic carbocycles. The molecule has 1 amide bonds. The van der Waals surface area contributed by atoms with Crippen molar-refractivity contribution >= 4 is 22.5 Å². The number of H-pyrrole nitrogens is 2. The Bertz CT molecular complexity index is 1440. The maximum atomic E-state index is 12.9. The third-order valence-electron chi connectivity index (χ3n) is 5.92. The average Bonchev–Trinajstić information content (AvgIpc) is 3.68. The predicted molar refractivity (Wildman–Crippen MR) is 126 cm³/mol. The third kappa shape index (κ3) is 4.56. The number of carbonyl (C=O) groups is 1. The second-order valence-electron chi connectivity index (χ2n) is 8.37. The summed E-state index contributed by atoms with van der Waals surface area (Å²) in [7, 11) is 0. The molecular formula is C23H23N9O3. The SMILES string of the molecule is O=C(Nc1cnn(Cc2cc(CN3CCOCC3)on2)c1)c1n[nH]c2cc(-c3cn[nH]c3)ccc12. The lowest BCUT2D eigenvalue weighted by Gasteiger charge is -2.25. The van der Waals surface area contributed by atoms with E-state index in [4.69, 9.17) is 9.26 Å². The van der Waals surface area contributed by atoms with Gasteiger partial charge >= 0.3 is 0 Å². The first kappa shape index (κ1) is 21.3. The van der Waals surface area contributed by atoms with Crippen LogP contribution in [-0.4, -0.2) is 72.4 Å². The molecule has 3 N–H and O–H groups in total. The van der Waals surface area contributed by atoms with Gasteiger partial charge in [-0.1, -0.05) is 11.2 Å². The standard InChI is InChI=1S/C23H23N9O3/c33-23(22-20-2-1-15(7-21(20)28-29-22)16-9-24-25-10-16)27-18-11-26-32(13-18)12-17-8-19(35-30-17)14-31-3-5-34-6-4-31/h1-2,7-11,13H,3-6,12,14H2,(H,24,25)(H,27,33)(H,28,29). The van der Waals surface area contributed by atoms with Gasteiger partial charge < -0.3 is 14.6 Å². The number of anilines is 1. The second-order valence-corrected chi connectivity index (χ2v) is 8.37. The van der Waals surface area contributed by atoms with Crippen molar-refractivity contribution in [3.63, 3.8) is 0 Å². The van der Waals surface area contributed by atoms with E-state index in [1.807, 2.05) is 30.5 Å². The van der Waals surface area contributed by atoms with Crippen molar-refractivity contribution in [1.82, 2.24) is 40.2 Å². The summed E-state index contributed by atoms with van der Waals surface area (Å²) in [6.45, 7) is 4.39. The third-order valence-corrected chi connectivity index (χ3v) is 5.92. The number of nitrogens with zero attached hydrogens (tertiary/aromatic N) is 6. The van der Waals surface area contributed by atoms with Crippen molar-refractivity contribution in [3.8, 4) is 11.1 Å². The molecule has 6 rings (SSSR count). The lowest BCUT2D eigenvalue weighted by Crippen LogP contribution is -2.35. The summed E-state index contributed by atoms with van der Waals surface area (Å²) in [6, 6.07) is 7.68. The fraction of sp³-hybridized carbons (Fsp3) is 0.261. The van der Waals surface area contributed by atoms with Gasteiger partial charge in [-0.3, -0.25) is 24.6 Å². The summed E-state index contributed by atoms with van der Waals surface area (Å²) in [5, 5.41) is 26.0. The van der Waals surface area contributed by atoms with Gasteiger partial charge in [0.2, 0.25) is 0 Å². The molecule has 35 heavy (non-hydrogen) atoms. The summed E-state index contributed by atoms with van der Waals surface area (Å²) < 4.78 is 12.5. The van der Waals surface area contributed by atoms with Crippen LogP contribution in [-0.2, 0) is 17.8 Å². The fourth-order valence-electron chi connectivity index (χ4n) is 4.14. The fourth-order valence-corrected chi connectivity index (χ4v) is 4.14. The topological polar surface area (TPSA) is 143 Å². The van der Waals surface area contributed by atoms with Crippen LogP contribution in [0.4, 0.5) is 5.69 Å². The Morgan fingerprint density at radius 1 is 1.11 bits per heavy atom. The van der Waals surface area contributed by atoms with Crippen molar-refractivity contribution in [1.29, 1.82) is 0 Å². The normalized spacial score (nSPS) is 14.5. The van der Waals surface area contributed by atoms with Gasteiger partial charge in [-0.05, 0) is 17.7 Å². The Kier molecular flexibility index (Phi) is 5.56. The molecule has 12 heteroatoms. The number of ether oxygens (including phenoxy) is 1. The highest BCUT2D eigenvalue weighted by molar-refractivity contribution is 6.11. The zero-order valence-electron chi connectivity index (χ0n) is 18.8. The number of carbonyl (C=O) groups excluding carboxylic acids is 1. The van der Waals surface area contributed by atoms with Gasteiger partial charge in [-0.25, -0.2) is 0 Å². The van der Waals surface area contributed by atoms with Crippen LogP contribution in [0.15, 0.2) is 53.6 Å². The number of hydrogen-bond donors (Lipinski definition) is 3. The van der Waals surface area contributed by atoms with Crippen molar-refractivity contribution < 1.29 is 14.1 Å².